The lowest BCUT2D eigenvalue weighted by atomic mass is 9.83. The summed E-state index contributed by atoms with van der Waals surface area (Å²) >= 11 is 5.97. The van der Waals surface area contributed by atoms with Crippen molar-refractivity contribution in [1.82, 2.24) is 14.9 Å². The van der Waals surface area contributed by atoms with Crippen LogP contribution in [0.5, 0.6) is 0 Å². The SMILES string of the molecule is CN(C)C(=O)C1=Cc2cnc(Cl)nc2CC(C2CCCC2)C1. The number of fused-ring (bicyclic) bond motifs is 1. The van der Waals surface area contributed by atoms with Gasteiger partial charge < -0.3 is 4.90 Å². The maximum absolute atomic E-state index is 12.5. The minimum absolute atomic E-state index is 0.0887. The van der Waals surface area contributed by atoms with E-state index in [2.05, 4.69) is 9.97 Å². The summed E-state index contributed by atoms with van der Waals surface area (Å²) in [6.07, 6.45) is 10.6. The van der Waals surface area contributed by atoms with E-state index in [4.69, 9.17) is 11.6 Å². The summed E-state index contributed by atoms with van der Waals surface area (Å²) in [4.78, 5) is 22.6. The molecule has 0 aliphatic heterocycles. The second-order valence-electron chi connectivity index (χ2n) is 6.62. The fourth-order valence-corrected chi connectivity index (χ4v) is 3.88. The van der Waals surface area contributed by atoms with Gasteiger partial charge in [0.25, 0.3) is 0 Å². The fourth-order valence-electron chi connectivity index (χ4n) is 3.73. The molecule has 3 rings (SSSR count). The largest absolute Gasteiger partial charge is 0.345 e. The highest BCUT2D eigenvalue weighted by Crippen LogP contribution is 2.39. The first-order valence-corrected chi connectivity index (χ1v) is 8.36. The predicted molar refractivity (Wildman–Crippen MR) is 87.5 cm³/mol. The van der Waals surface area contributed by atoms with Crippen molar-refractivity contribution in [3.63, 3.8) is 0 Å². The van der Waals surface area contributed by atoms with Crippen LogP contribution in [0.25, 0.3) is 6.08 Å². The highest BCUT2D eigenvalue weighted by atomic mass is 35.5. The molecule has 4 nitrogen and oxygen atoms in total. The van der Waals surface area contributed by atoms with E-state index in [-0.39, 0.29) is 5.91 Å². The van der Waals surface area contributed by atoms with E-state index in [0.29, 0.717) is 17.1 Å². The third-order valence-corrected chi connectivity index (χ3v) is 5.07. The Bertz CT molecular complexity index is 606. The van der Waals surface area contributed by atoms with Crippen molar-refractivity contribution in [3.8, 4) is 0 Å². The lowest BCUT2D eigenvalue weighted by Crippen LogP contribution is -2.25. The van der Waals surface area contributed by atoms with Crippen LogP contribution < -0.4 is 0 Å². The summed E-state index contributed by atoms with van der Waals surface area (Å²) in [5, 5.41) is 0.291. The van der Waals surface area contributed by atoms with Gasteiger partial charge in [-0.2, -0.15) is 0 Å². The summed E-state index contributed by atoms with van der Waals surface area (Å²) in [6, 6.07) is 0. The third kappa shape index (κ3) is 3.17. The zero-order valence-corrected chi connectivity index (χ0v) is 13.9. The van der Waals surface area contributed by atoms with Crippen LogP contribution in [-0.2, 0) is 11.2 Å². The van der Waals surface area contributed by atoms with Crippen molar-refractivity contribution in [2.75, 3.05) is 14.1 Å². The average Bonchev–Trinajstić information content (AvgIpc) is 2.94. The normalized spacial score (nSPS) is 22.0. The van der Waals surface area contributed by atoms with E-state index in [0.717, 1.165) is 29.7 Å². The molecule has 22 heavy (non-hydrogen) atoms. The van der Waals surface area contributed by atoms with Crippen LogP contribution >= 0.6 is 11.6 Å². The molecule has 0 saturated heterocycles. The van der Waals surface area contributed by atoms with Crippen LogP contribution in [0.3, 0.4) is 0 Å². The Morgan fingerprint density at radius 2 is 1.95 bits per heavy atom. The predicted octanol–water partition coefficient (Wildman–Crippen LogP) is 3.35. The molecule has 118 valence electrons. The third-order valence-electron chi connectivity index (χ3n) is 4.89. The molecule has 0 bridgehead atoms. The molecular weight excluding hydrogens is 298 g/mol. The van der Waals surface area contributed by atoms with Crippen LogP contribution in [0.1, 0.15) is 43.4 Å². The zero-order chi connectivity index (χ0) is 15.7. The van der Waals surface area contributed by atoms with Crippen LogP contribution in [0, 0.1) is 11.8 Å². The Labute approximate surface area is 136 Å². The Morgan fingerprint density at radius 1 is 1.23 bits per heavy atom. The van der Waals surface area contributed by atoms with Gasteiger partial charge in [-0.05, 0) is 42.4 Å². The van der Waals surface area contributed by atoms with Crippen molar-refractivity contribution in [2.45, 2.75) is 38.5 Å². The fraction of sp³-hybridized carbons (Fsp3) is 0.588. The quantitative estimate of drug-likeness (QED) is 0.785. The van der Waals surface area contributed by atoms with Gasteiger partial charge in [0.05, 0.1) is 5.69 Å². The van der Waals surface area contributed by atoms with Crippen LogP contribution in [0.15, 0.2) is 11.8 Å². The van der Waals surface area contributed by atoms with E-state index < -0.39 is 0 Å². The van der Waals surface area contributed by atoms with Crippen LogP contribution in [0.4, 0.5) is 0 Å². The highest BCUT2D eigenvalue weighted by molar-refractivity contribution is 6.28. The lowest BCUT2D eigenvalue weighted by Gasteiger charge is -2.23. The molecule has 1 heterocycles. The summed E-state index contributed by atoms with van der Waals surface area (Å²) in [5.74, 6) is 1.26. The van der Waals surface area contributed by atoms with Gasteiger partial charge in [0.15, 0.2) is 0 Å². The topological polar surface area (TPSA) is 46.1 Å². The molecule has 1 amide bonds. The number of rotatable bonds is 2. The Balaban J connectivity index is 1.98. The van der Waals surface area contributed by atoms with Crippen LogP contribution in [-0.4, -0.2) is 34.9 Å². The number of aromatic nitrogens is 2. The van der Waals surface area contributed by atoms with E-state index in [1.807, 2.05) is 6.08 Å². The molecule has 0 N–H and O–H groups in total. The monoisotopic (exact) mass is 319 g/mol. The Kier molecular flexibility index (Phi) is 4.48. The van der Waals surface area contributed by atoms with Crippen molar-refractivity contribution < 1.29 is 4.79 Å². The Hall–Kier alpha value is -1.42. The zero-order valence-electron chi connectivity index (χ0n) is 13.2. The molecule has 1 saturated carbocycles. The summed E-state index contributed by atoms with van der Waals surface area (Å²) < 4.78 is 0. The van der Waals surface area contributed by atoms with Gasteiger partial charge in [0.2, 0.25) is 11.2 Å². The second-order valence-corrected chi connectivity index (χ2v) is 6.96. The number of likely N-dealkylation sites (N-methyl/N-ethyl adjacent to an activating group) is 1. The van der Waals surface area contributed by atoms with E-state index in [9.17, 15) is 4.79 Å². The maximum atomic E-state index is 12.5. The van der Waals surface area contributed by atoms with E-state index in [1.54, 1.807) is 25.2 Å². The van der Waals surface area contributed by atoms with Gasteiger partial charge in [-0.3, -0.25) is 4.79 Å². The first-order valence-electron chi connectivity index (χ1n) is 7.98. The minimum atomic E-state index is 0.0887. The number of halogens is 1. The van der Waals surface area contributed by atoms with Crippen molar-refractivity contribution in [3.05, 3.63) is 28.3 Å². The second kappa shape index (κ2) is 6.37. The number of hydrogen-bond acceptors (Lipinski definition) is 3. The van der Waals surface area contributed by atoms with Crippen molar-refractivity contribution in [2.24, 2.45) is 11.8 Å². The molecule has 2 aliphatic rings. The Morgan fingerprint density at radius 3 is 2.64 bits per heavy atom. The molecule has 0 spiro atoms. The van der Waals surface area contributed by atoms with Gasteiger partial charge in [-0.25, -0.2) is 9.97 Å². The van der Waals surface area contributed by atoms with Gasteiger partial charge in [-0.1, -0.05) is 25.7 Å². The first kappa shape index (κ1) is 15.5. The lowest BCUT2D eigenvalue weighted by molar-refractivity contribution is -0.124. The standard InChI is InChI=1S/C17H22ClN3O/c1-21(2)16(22)13-7-12(11-5-3-4-6-11)9-15-14(8-13)10-19-17(18)20-15/h8,10-12H,3-7,9H2,1-2H3. The molecular formula is C17H22ClN3O. The number of carbonyl (C=O) groups excluding carboxylic acids is 1. The molecule has 1 fully saturated rings. The summed E-state index contributed by atoms with van der Waals surface area (Å²) in [5.41, 5.74) is 2.79. The number of amides is 1. The van der Waals surface area contributed by atoms with Gasteiger partial charge in [0.1, 0.15) is 0 Å². The number of hydrogen-bond donors (Lipinski definition) is 0. The molecule has 0 radical (unpaired) electrons. The molecule has 1 aromatic rings. The van der Waals surface area contributed by atoms with Gasteiger partial charge in [-0.15, -0.1) is 0 Å². The molecule has 0 aromatic carbocycles. The smallest absolute Gasteiger partial charge is 0.249 e. The molecule has 1 atom stereocenters. The number of carbonyl (C=O) groups is 1. The van der Waals surface area contributed by atoms with Crippen molar-refractivity contribution in [1.29, 1.82) is 0 Å². The highest BCUT2D eigenvalue weighted by Gasteiger charge is 2.31. The average molecular weight is 320 g/mol. The van der Waals surface area contributed by atoms with Crippen molar-refractivity contribution >= 4 is 23.6 Å². The summed E-state index contributed by atoms with van der Waals surface area (Å²) in [6.45, 7) is 0. The van der Waals surface area contributed by atoms with Crippen LogP contribution in [0.2, 0.25) is 5.28 Å². The molecule has 2 aliphatic carbocycles. The first-order chi connectivity index (χ1) is 10.5. The summed E-state index contributed by atoms with van der Waals surface area (Å²) in [7, 11) is 3.61. The van der Waals surface area contributed by atoms with Gasteiger partial charge in [0, 0.05) is 31.4 Å². The molecule has 1 unspecified atom stereocenters. The van der Waals surface area contributed by atoms with E-state index in [1.165, 1.54) is 25.7 Å². The molecule has 5 heteroatoms. The number of nitrogens with zero attached hydrogens (tertiary/aromatic N) is 3. The maximum Gasteiger partial charge on any atom is 0.249 e. The minimum Gasteiger partial charge on any atom is -0.345 e. The molecule has 1 aromatic heterocycles. The van der Waals surface area contributed by atoms with E-state index >= 15 is 0 Å². The van der Waals surface area contributed by atoms with Gasteiger partial charge >= 0.3 is 0 Å².